The van der Waals surface area contributed by atoms with Crippen molar-refractivity contribution in [3.05, 3.63) is 33.3 Å². The molecule has 2 N–H and O–H groups in total. The molecular weight excluding hydrogens is 336 g/mol. The molecule has 1 aliphatic heterocycles. The van der Waals surface area contributed by atoms with Crippen molar-refractivity contribution in [1.82, 2.24) is 4.90 Å². The van der Waals surface area contributed by atoms with Crippen LogP contribution in [0.4, 0.5) is 0 Å². The molecule has 2 unspecified atom stereocenters. The molecule has 2 atom stereocenters. The van der Waals surface area contributed by atoms with E-state index in [-0.39, 0.29) is 6.04 Å². The van der Waals surface area contributed by atoms with E-state index in [4.69, 9.17) is 17.3 Å². The highest BCUT2D eigenvalue weighted by atomic mass is 79.9. The van der Waals surface area contributed by atoms with E-state index < -0.39 is 0 Å². The lowest BCUT2D eigenvalue weighted by Crippen LogP contribution is -2.33. The van der Waals surface area contributed by atoms with Gasteiger partial charge in [0.05, 0.1) is 0 Å². The van der Waals surface area contributed by atoms with Crippen molar-refractivity contribution < 1.29 is 0 Å². The van der Waals surface area contributed by atoms with E-state index in [0.717, 1.165) is 28.5 Å². The largest absolute Gasteiger partial charge is 0.329 e. The second-order valence-electron chi connectivity index (χ2n) is 6.76. The van der Waals surface area contributed by atoms with E-state index in [0.29, 0.717) is 12.0 Å². The van der Waals surface area contributed by atoms with Crippen molar-refractivity contribution >= 4 is 27.5 Å². The SMILES string of the molecule is CC(C)(C)C1CCN(C(CN)c2ccc(Cl)cc2Br)C1. The van der Waals surface area contributed by atoms with Crippen LogP contribution in [0, 0.1) is 11.3 Å². The number of hydrogen-bond acceptors (Lipinski definition) is 2. The summed E-state index contributed by atoms with van der Waals surface area (Å²) in [7, 11) is 0. The smallest absolute Gasteiger partial charge is 0.0481 e. The van der Waals surface area contributed by atoms with Crippen molar-refractivity contribution in [2.75, 3.05) is 19.6 Å². The van der Waals surface area contributed by atoms with Crippen molar-refractivity contribution in [3.8, 4) is 0 Å². The maximum absolute atomic E-state index is 6.05. The molecule has 0 spiro atoms. The summed E-state index contributed by atoms with van der Waals surface area (Å²) < 4.78 is 1.06. The number of hydrogen-bond donors (Lipinski definition) is 1. The molecule has 2 rings (SSSR count). The fraction of sp³-hybridized carbons (Fsp3) is 0.625. The molecular formula is C16H24BrClN2. The Kier molecular flexibility index (Phi) is 5.17. The molecule has 0 aliphatic carbocycles. The maximum Gasteiger partial charge on any atom is 0.0481 e. The molecule has 0 radical (unpaired) electrons. The lowest BCUT2D eigenvalue weighted by Gasteiger charge is -2.31. The molecule has 1 aromatic carbocycles. The molecule has 1 aromatic rings. The van der Waals surface area contributed by atoms with Gasteiger partial charge in [-0.25, -0.2) is 0 Å². The molecule has 1 aliphatic rings. The summed E-state index contributed by atoms with van der Waals surface area (Å²) in [5.74, 6) is 0.739. The summed E-state index contributed by atoms with van der Waals surface area (Å²) in [5.41, 5.74) is 7.66. The van der Waals surface area contributed by atoms with Gasteiger partial charge in [0.15, 0.2) is 0 Å². The van der Waals surface area contributed by atoms with Gasteiger partial charge in [-0.3, -0.25) is 4.90 Å². The number of halogens is 2. The van der Waals surface area contributed by atoms with Gasteiger partial charge < -0.3 is 5.73 Å². The number of nitrogens with zero attached hydrogens (tertiary/aromatic N) is 1. The minimum atomic E-state index is 0.272. The van der Waals surface area contributed by atoms with Crippen LogP contribution in [0.5, 0.6) is 0 Å². The standard InChI is InChI=1S/C16H24BrClN2/c1-16(2,3)11-6-7-20(10-11)15(9-19)13-5-4-12(18)8-14(13)17/h4-5,8,11,15H,6-7,9-10,19H2,1-3H3. The molecule has 20 heavy (non-hydrogen) atoms. The molecule has 1 fully saturated rings. The van der Waals surface area contributed by atoms with Crippen LogP contribution in [-0.4, -0.2) is 24.5 Å². The first-order valence-electron chi connectivity index (χ1n) is 7.22. The van der Waals surface area contributed by atoms with Crippen molar-refractivity contribution in [1.29, 1.82) is 0 Å². The molecule has 0 aromatic heterocycles. The Bertz CT molecular complexity index is 470. The van der Waals surface area contributed by atoms with Gasteiger partial charge in [-0.1, -0.05) is 54.4 Å². The van der Waals surface area contributed by atoms with Gasteiger partial charge in [-0.05, 0) is 42.0 Å². The van der Waals surface area contributed by atoms with E-state index in [9.17, 15) is 0 Å². The Hall–Kier alpha value is -0.0900. The summed E-state index contributed by atoms with van der Waals surface area (Å²) in [6, 6.07) is 6.27. The van der Waals surface area contributed by atoms with E-state index in [2.05, 4.69) is 47.7 Å². The van der Waals surface area contributed by atoms with E-state index in [1.165, 1.54) is 12.0 Å². The van der Waals surface area contributed by atoms with Crippen LogP contribution < -0.4 is 5.73 Å². The minimum Gasteiger partial charge on any atom is -0.329 e. The first-order chi connectivity index (χ1) is 9.32. The average molecular weight is 360 g/mol. The second-order valence-corrected chi connectivity index (χ2v) is 8.05. The van der Waals surface area contributed by atoms with Gasteiger partial charge in [0.25, 0.3) is 0 Å². The average Bonchev–Trinajstić information content (AvgIpc) is 2.82. The number of benzene rings is 1. The van der Waals surface area contributed by atoms with Crippen molar-refractivity contribution in [2.45, 2.75) is 33.2 Å². The summed E-state index contributed by atoms with van der Waals surface area (Å²) in [5, 5.41) is 0.755. The van der Waals surface area contributed by atoms with Gasteiger partial charge >= 0.3 is 0 Å². The highest BCUT2D eigenvalue weighted by Gasteiger charge is 2.35. The number of rotatable bonds is 3. The monoisotopic (exact) mass is 358 g/mol. The topological polar surface area (TPSA) is 29.3 Å². The van der Waals surface area contributed by atoms with Gasteiger partial charge in [-0.2, -0.15) is 0 Å². The van der Waals surface area contributed by atoms with Gasteiger partial charge in [0, 0.05) is 28.6 Å². The number of likely N-dealkylation sites (tertiary alicyclic amines) is 1. The fourth-order valence-electron chi connectivity index (χ4n) is 3.02. The Balaban J connectivity index is 2.17. The summed E-state index contributed by atoms with van der Waals surface area (Å²) in [6.45, 7) is 9.88. The van der Waals surface area contributed by atoms with Crippen molar-refractivity contribution in [3.63, 3.8) is 0 Å². The highest BCUT2D eigenvalue weighted by molar-refractivity contribution is 9.10. The third-order valence-corrected chi connectivity index (χ3v) is 5.35. The quantitative estimate of drug-likeness (QED) is 0.862. The Morgan fingerprint density at radius 3 is 2.65 bits per heavy atom. The lowest BCUT2D eigenvalue weighted by atomic mass is 9.80. The minimum absolute atomic E-state index is 0.272. The Labute approximate surface area is 135 Å². The molecule has 0 saturated carbocycles. The Morgan fingerprint density at radius 1 is 1.45 bits per heavy atom. The summed E-state index contributed by atoms with van der Waals surface area (Å²) in [6.07, 6.45) is 1.26. The number of nitrogens with two attached hydrogens (primary N) is 1. The third kappa shape index (κ3) is 3.56. The second kappa shape index (κ2) is 6.35. The molecule has 1 saturated heterocycles. The van der Waals surface area contributed by atoms with E-state index in [1.54, 1.807) is 0 Å². The maximum atomic E-state index is 6.05. The Morgan fingerprint density at radius 2 is 2.15 bits per heavy atom. The van der Waals surface area contributed by atoms with Crippen LogP contribution in [0.25, 0.3) is 0 Å². The van der Waals surface area contributed by atoms with E-state index >= 15 is 0 Å². The van der Waals surface area contributed by atoms with Crippen LogP contribution in [-0.2, 0) is 0 Å². The molecule has 2 nitrogen and oxygen atoms in total. The lowest BCUT2D eigenvalue weighted by molar-refractivity contribution is 0.197. The molecule has 1 heterocycles. The zero-order valence-corrected chi connectivity index (χ0v) is 14.8. The normalized spacial score (nSPS) is 22.2. The first-order valence-corrected chi connectivity index (χ1v) is 8.39. The van der Waals surface area contributed by atoms with Gasteiger partial charge in [-0.15, -0.1) is 0 Å². The summed E-state index contributed by atoms with van der Waals surface area (Å²) >= 11 is 9.66. The molecule has 112 valence electrons. The van der Waals surface area contributed by atoms with Crippen LogP contribution in [0.2, 0.25) is 5.02 Å². The molecule has 0 bridgehead atoms. The van der Waals surface area contributed by atoms with Gasteiger partial charge in [0.1, 0.15) is 0 Å². The predicted octanol–water partition coefficient (Wildman–Crippen LogP) is 4.47. The zero-order valence-electron chi connectivity index (χ0n) is 12.5. The van der Waals surface area contributed by atoms with Crippen LogP contribution in [0.15, 0.2) is 22.7 Å². The molecule has 0 amide bonds. The third-order valence-electron chi connectivity index (χ3n) is 4.43. The van der Waals surface area contributed by atoms with Crippen molar-refractivity contribution in [2.24, 2.45) is 17.1 Å². The van der Waals surface area contributed by atoms with Gasteiger partial charge in [0.2, 0.25) is 0 Å². The highest BCUT2D eigenvalue weighted by Crippen LogP contribution is 2.38. The predicted molar refractivity (Wildman–Crippen MR) is 90.1 cm³/mol. The van der Waals surface area contributed by atoms with Crippen LogP contribution in [0.1, 0.15) is 38.8 Å². The molecule has 4 heteroatoms. The van der Waals surface area contributed by atoms with Crippen LogP contribution >= 0.6 is 27.5 Å². The van der Waals surface area contributed by atoms with Crippen LogP contribution in [0.3, 0.4) is 0 Å². The first kappa shape index (κ1) is 16.3. The fourth-order valence-corrected chi connectivity index (χ4v) is 3.97. The summed E-state index contributed by atoms with van der Waals surface area (Å²) in [4.78, 5) is 2.52. The van der Waals surface area contributed by atoms with E-state index in [1.807, 2.05) is 12.1 Å². The zero-order chi connectivity index (χ0) is 14.9.